The molecule has 0 saturated heterocycles. The molecule has 12 aromatic carbocycles. The number of fused-ring (bicyclic) bond motifs is 6. The average molecular weight is 2080 g/mol. The maximum atomic E-state index is 13.1. The summed E-state index contributed by atoms with van der Waals surface area (Å²) in [7, 11) is -18.0. The van der Waals surface area contributed by atoms with Gasteiger partial charge in [0.2, 0.25) is 52.0 Å². The fourth-order valence-corrected chi connectivity index (χ4v) is 20.0. The van der Waals surface area contributed by atoms with Crippen LogP contribution in [0, 0.1) is 0 Å². The first kappa shape index (κ1) is 98.1. The molecule has 0 radical (unpaired) electrons. The summed E-state index contributed by atoms with van der Waals surface area (Å²) in [5.41, 5.74) is 18.7. The summed E-state index contributed by atoms with van der Waals surface area (Å²) in [5, 5.41) is 1.25. The van der Waals surface area contributed by atoms with Crippen LogP contribution in [0.15, 0.2) is 367 Å². The number of ether oxygens (including phenoxy) is 3. The smallest absolute Gasteiger partial charge is 0.380 e. The number of unbranched alkanes of at least 4 members (excludes halogenated alkanes) is 4. The number of hydroxylamine groups is 2. The van der Waals surface area contributed by atoms with E-state index in [1.54, 1.807) is 77.9 Å². The predicted molar refractivity (Wildman–Crippen MR) is 549 cm³/mol. The van der Waals surface area contributed by atoms with Crippen molar-refractivity contribution in [3.8, 4) is 84.0 Å². The minimum atomic E-state index is -4.71. The molecule has 0 fully saturated rings. The summed E-state index contributed by atoms with van der Waals surface area (Å²) >= 11 is 6.99. The van der Waals surface area contributed by atoms with E-state index in [1.807, 2.05) is 232 Å². The minimum absolute atomic E-state index is 0.00508. The van der Waals surface area contributed by atoms with Crippen molar-refractivity contribution in [2.75, 3.05) is 46.6 Å². The summed E-state index contributed by atoms with van der Waals surface area (Å²) in [4.78, 5) is 6.07. The molecule has 0 amide bonds. The molecule has 15 aromatic rings. The predicted octanol–water partition coefficient (Wildman–Crippen LogP) is 23.5. The van der Waals surface area contributed by atoms with Crippen molar-refractivity contribution in [3.05, 3.63) is 371 Å². The van der Waals surface area contributed by atoms with Gasteiger partial charge in [0.05, 0.1) is 41.5 Å². The molecule has 0 bridgehead atoms. The Morgan fingerprint density at radius 3 is 1.04 bits per heavy atom. The zero-order chi connectivity index (χ0) is 97.8. The van der Waals surface area contributed by atoms with Crippen molar-refractivity contribution in [2.24, 2.45) is 0 Å². The molecule has 4 aliphatic rings. The first-order valence-corrected chi connectivity index (χ1v) is 53.8. The van der Waals surface area contributed by atoms with Gasteiger partial charge in [-0.1, -0.05) is 279 Å². The molecule has 140 heavy (non-hydrogen) atoms. The van der Waals surface area contributed by atoms with E-state index in [1.165, 1.54) is 18.8 Å². The second kappa shape index (κ2) is 43.4. The Labute approximate surface area is 830 Å². The molecule has 31 heteroatoms. The molecule has 716 valence electrons. The van der Waals surface area contributed by atoms with Crippen molar-refractivity contribution in [3.63, 3.8) is 0 Å². The van der Waals surface area contributed by atoms with Crippen LogP contribution in [0.1, 0.15) is 96.7 Å². The van der Waals surface area contributed by atoms with Gasteiger partial charge < -0.3 is 55.8 Å². The van der Waals surface area contributed by atoms with Gasteiger partial charge in [0.1, 0.15) is 6.08 Å². The van der Waals surface area contributed by atoms with Gasteiger partial charge in [-0.3, -0.25) is 0 Å². The number of allylic oxidation sites excluding steroid dienone is 6. The van der Waals surface area contributed by atoms with E-state index < -0.39 is 58.1 Å². The maximum Gasteiger partial charge on any atom is 0.380 e. The summed E-state index contributed by atoms with van der Waals surface area (Å²) in [5.74, 6) is 1.51. The van der Waals surface area contributed by atoms with Crippen LogP contribution in [0.2, 0.25) is 0 Å². The van der Waals surface area contributed by atoms with Crippen LogP contribution >= 0.6 is 31.9 Å². The average Bonchev–Trinajstić information content (AvgIpc) is 1.62. The van der Waals surface area contributed by atoms with Crippen molar-refractivity contribution in [1.29, 1.82) is 0 Å². The van der Waals surface area contributed by atoms with E-state index in [-0.39, 0.29) is 30.0 Å². The Kier molecular flexibility index (Phi) is 30.4. The normalized spacial score (nSPS) is 14.6. The highest BCUT2D eigenvalue weighted by atomic mass is 79.9. The molecule has 0 unspecified atom stereocenters. The number of hydrogen-bond acceptors (Lipinski definition) is 22. The van der Waals surface area contributed by atoms with Crippen LogP contribution in [0.3, 0.4) is 0 Å². The van der Waals surface area contributed by atoms with Gasteiger partial charge in [-0.15, -0.1) is 18.0 Å². The fraction of sp³-hybridized carbons (Fsp3) is 0.183. The first-order valence-electron chi connectivity index (χ1n) is 45.9. The molecule has 0 N–H and O–H groups in total. The quantitative estimate of drug-likeness (QED) is 0.0215. The molecule has 0 aliphatic carbocycles. The van der Waals surface area contributed by atoms with Gasteiger partial charge in [0, 0.05) is 65.1 Å². The second-order valence-corrected chi connectivity index (χ2v) is 41.3. The zero-order valence-electron chi connectivity index (χ0n) is 76.9. The number of benzene rings is 12. The van der Waals surface area contributed by atoms with Crippen LogP contribution in [-0.2, 0) is 62.4 Å². The Hall–Kier alpha value is -13.6. The van der Waals surface area contributed by atoms with Crippen molar-refractivity contribution < 1.29 is 92.8 Å². The standard InChI is InChI=1S/C39H35N3O8S2.C37H34Br2N2O5S.C33H30N2O5S/c1-2-29(25-39-42(28-51(43,44)45)35-27-33(17-19-37(35)49-39)31-14-8-4-9-15-31)24-38-41(22-23-52(46,47)50-40-20-10-5-11-21-40)34-26-32(16-18-36(34)48-38)30-12-6-3-7-13-30;1-3-5-6-19-40-32-22-28(26-7-13-30(38)14-8-26)11-17-34(32)45-36(40)20-25(4-2)21-37-41(24-47(42,43)44)33-23-29(12-18-35(33)46-37)27-9-15-31(39)16-10-27;1-2-3-10-19-34-28-20-26(24-11-6-4-7-12-24)15-17-30(28)39-32(34)22-33-35(23-41(36,37)38)29-21-27(16-18-31(29)40-33)25-13-8-5-9-14-25/h3-20,24-27H,2,21-23,28H2,1H3;7-18,20-23H,3-6,19,24H2,1-2H3;4-9,11-18,20-22H,2-3,10,19,23H2,1H3. The van der Waals surface area contributed by atoms with Gasteiger partial charge in [0.15, 0.2) is 47.6 Å². The third-order valence-corrected chi connectivity index (χ3v) is 27.7. The molecular weight excluding hydrogens is 1980 g/mol. The Bertz CT molecular complexity index is 7830. The number of nitrogens with zero attached hydrogens (tertiary/aromatic N) is 7. The lowest BCUT2D eigenvalue weighted by Gasteiger charge is -2.22. The Morgan fingerprint density at radius 1 is 0.371 bits per heavy atom. The van der Waals surface area contributed by atoms with Crippen LogP contribution in [0.4, 0.5) is 17.1 Å². The lowest BCUT2D eigenvalue weighted by molar-refractivity contribution is -0.658. The van der Waals surface area contributed by atoms with Crippen LogP contribution in [0.25, 0.3) is 118 Å². The Balaban J connectivity index is 0.000000146. The molecule has 25 nitrogen and oxygen atoms in total. The van der Waals surface area contributed by atoms with Gasteiger partial charge in [-0.2, -0.15) is 8.42 Å². The van der Waals surface area contributed by atoms with Gasteiger partial charge >= 0.3 is 17.7 Å². The van der Waals surface area contributed by atoms with E-state index in [9.17, 15) is 47.3 Å². The SMILES string of the molecule is CCC(=C/c1oc2ccc(-c3ccccc3)cc2[n+]1CS(=O)(=O)[O-])/C=C1\Oc2ccc(-c3ccccc3)cc2N1CCS(=O)(=O)ON1C=CC=CC1.CCCCCN1/C(=C/C(=C\c2oc3ccc(-c4ccc(Br)cc4)cc3[n+]2CS(=O)(=O)[O-])CC)Oc2ccc(-c3ccc(Br)cc3)cc21.CCCCCN1C(=Cc2oc3ccc(-c4ccccc4)cc3[n+]2CS(=O)(=O)[O-])Oc2ccc(-c3ccccc3)cc21. The number of rotatable bonds is 32. The minimum Gasteiger partial charge on any atom is -0.743 e. The molecule has 0 atom stereocenters. The van der Waals surface area contributed by atoms with Gasteiger partial charge in [-0.05, 0) is 189 Å². The number of anilines is 3. The highest BCUT2D eigenvalue weighted by Crippen LogP contribution is 2.47. The lowest BCUT2D eigenvalue weighted by Crippen LogP contribution is -2.39. The topological polar surface area (TPSA) is 307 Å². The highest BCUT2D eigenvalue weighted by Gasteiger charge is 2.36. The number of oxazole rings is 3. The monoisotopic (exact) mass is 2080 g/mol. The molecule has 19 rings (SSSR count). The summed E-state index contributed by atoms with van der Waals surface area (Å²) in [6.45, 7) is 10.1. The van der Waals surface area contributed by atoms with Crippen molar-refractivity contribution >= 4 is 141 Å². The summed E-state index contributed by atoms with van der Waals surface area (Å²) < 4.78 is 184. The van der Waals surface area contributed by atoms with Crippen LogP contribution in [-0.4, -0.2) is 84.3 Å². The van der Waals surface area contributed by atoms with E-state index in [2.05, 4.69) is 98.0 Å². The third-order valence-electron chi connectivity index (χ3n) is 23.9. The van der Waals surface area contributed by atoms with Crippen LogP contribution < -0.4 is 42.6 Å². The molecule has 7 heterocycles. The van der Waals surface area contributed by atoms with E-state index in [0.717, 1.165) is 143 Å². The number of halogens is 2. The van der Waals surface area contributed by atoms with E-state index in [4.69, 9.17) is 31.7 Å². The number of aromatic nitrogens is 3. The molecular formula is C109H99Br2N7O18S4. The summed E-state index contributed by atoms with van der Waals surface area (Å²) in [6, 6.07) is 89.9. The zero-order valence-corrected chi connectivity index (χ0v) is 83.4. The number of hydrogen-bond donors (Lipinski definition) is 0. The van der Waals surface area contributed by atoms with Gasteiger partial charge in [-0.25, -0.2) is 30.3 Å². The highest BCUT2D eigenvalue weighted by molar-refractivity contribution is 9.10. The maximum absolute atomic E-state index is 13.1. The lowest BCUT2D eigenvalue weighted by atomic mass is 10.0. The molecule has 0 spiro atoms. The third kappa shape index (κ3) is 24.1. The molecule has 3 aromatic heterocycles. The Morgan fingerprint density at radius 2 is 0.693 bits per heavy atom. The van der Waals surface area contributed by atoms with Crippen molar-refractivity contribution in [2.45, 2.75) is 96.7 Å². The summed E-state index contributed by atoms with van der Waals surface area (Å²) in [6.07, 6.45) is 23.0. The first-order chi connectivity index (χ1) is 67.6. The largest absolute Gasteiger partial charge is 0.743 e. The van der Waals surface area contributed by atoms with Gasteiger partial charge in [0.25, 0.3) is 26.7 Å². The van der Waals surface area contributed by atoms with E-state index in [0.29, 0.717) is 99.6 Å². The second-order valence-electron chi connectivity index (χ2n) is 33.7. The fourth-order valence-electron chi connectivity index (χ4n) is 16.9. The molecule has 0 saturated carbocycles. The van der Waals surface area contributed by atoms with Crippen molar-refractivity contribution in [1.82, 2.24) is 5.06 Å². The molecule has 4 aliphatic heterocycles. The van der Waals surface area contributed by atoms with Crippen LogP contribution in [0.5, 0.6) is 17.2 Å². The van der Waals surface area contributed by atoms with E-state index >= 15 is 0 Å².